The number of fused-ring (bicyclic) bond motifs is 2. The number of hydrogen-bond acceptors (Lipinski definition) is 11. The molecule has 2 aromatic carbocycles. The Morgan fingerprint density at radius 1 is 0.810 bits per heavy atom. The van der Waals surface area contributed by atoms with Crippen molar-refractivity contribution >= 4 is 17.9 Å². The molecule has 3 N–H and O–H groups in total. The van der Waals surface area contributed by atoms with E-state index in [9.17, 15) is 19.4 Å². The number of nitrogens with zero attached hydrogens (tertiary/aromatic N) is 2. The van der Waals surface area contributed by atoms with Gasteiger partial charge in [-0.25, -0.2) is 14.0 Å². The second-order valence-corrected chi connectivity index (χ2v) is 22.7. The fourth-order valence-electron chi connectivity index (χ4n) is 12.5. The Kier molecular flexibility index (Phi) is 29.1. The van der Waals surface area contributed by atoms with Gasteiger partial charge in [0.15, 0.2) is 0 Å². The van der Waals surface area contributed by atoms with Crippen LogP contribution < -0.4 is 14.8 Å². The Morgan fingerprint density at radius 2 is 1.46 bits per heavy atom. The van der Waals surface area contributed by atoms with E-state index in [4.69, 9.17) is 33.7 Å². The van der Waals surface area contributed by atoms with Crippen molar-refractivity contribution in [2.24, 2.45) is 22.9 Å². The van der Waals surface area contributed by atoms with E-state index in [1.165, 1.54) is 95.6 Å². The third-order valence-corrected chi connectivity index (χ3v) is 16.7. The fourth-order valence-corrected chi connectivity index (χ4v) is 12.5. The Labute approximate surface area is 473 Å². The molecule has 6 rings (SSSR count). The number of aliphatic hydroxyl groups excluding tert-OH is 2. The number of carbonyl (C=O) groups is 2. The number of rotatable bonds is 39. The summed E-state index contributed by atoms with van der Waals surface area (Å²) in [6, 6.07) is 10.8. The van der Waals surface area contributed by atoms with E-state index < -0.39 is 36.2 Å². The summed E-state index contributed by atoms with van der Waals surface area (Å²) in [6.07, 6.45) is 32.8. The normalized spacial score (nSPS) is 22.7. The average Bonchev–Trinajstić information content (AvgIpc) is 2.40. The van der Waals surface area contributed by atoms with E-state index in [0.717, 1.165) is 88.2 Å². The molecule has 7 unspecified atom stereocenters. The van der Waals surface area contributed by atoms with Crippen LogP contribution in [-0.2, 0) is 25.6 Å². The van der Waals surface area contributed by atoms with Gasteiger partial charge in [-0.1, -0.05) is 172 Å². The van der Waals surface area contributed by atoms with Crippen molar-refractivity contribution in [3.63, 3.8) is 0 Å². The van der Waals surface area contributed by atoms with Gasteiger partial charge in [0.1, 0.15) is 23.4 Å². The fraction of sp³-hybridized carbons (Fsp3) is 0.708. The lowest BCUT2D eigenvalue weighted by Crippen LogP contribution is -2.70. The molecule has 2 aliphatic heterocycles. The first-order valence-electron chi connectivity index (χ1n) is 31.3. The zero-order valence-electron chi connectivity index (χ0n) is 48.5. The van der Waals surface area contributed by atoms with E-state index >= 15 is 4.79 Å². The quantitative estimate of drug-likeness (QED) is 0.0334. The molecule has 442 valence electrons. The summed E-state index contributed by atoms with van der Waals surface area (Å²) >= 11 is 0. The summed E-state index contributed by atoms with van der Waals surface area (Å²) in [5.41, 5.74) is 3.03. The Bertz CT molecular complexity index is 2130. The molecule has 4 aliphatic rings. The van der Waals surface area contributed by atoms with Crippen LogP contribution in [0, 0.1) is 23.6 Å². The number of amides is 2. The minimum atomic E-state index is -1.56. The van der Waals surface area contributed by atoms with Crippen LogP contribution in [0.2, 0.25) is 0 Å². The molecular weight excluding hydrogens is 1000 g/mol. The smallest absolute Gasteiger partial charge is 0.412 e. The molecule has 2 amide bonds. The van der Waals surface area contributed by atoms with Crippen molar-refractivity contribution in [3.8, 4) is 11.5 Å². The van der Waals surface area contributed by atoms with Gasteiger partial charge in [-0.05, 0) is 105 Å². The predicted octanol–water partition coefficient (Wildman–Crippen LogP) is 15.6. The lowest BCUT2D eigenvalue weighted by atomic mass is 9.55. The van der Waals surface area contributed by atoms with Crippen molar-refractivity contribution < 1.29 is 52.7 Å². The van der Waals surface area contributed by atoms with Crippen LogP contribution in [0.25, 0.3) is 0 Å². The standard InChI is InChI=1S/C65H100FN3O10/c1-4-7-9-11-13-15-17-19-21-26-40-67-63(72)77-53-38-39-58-56(47-53)61-54(32-24-28-42-71)51(31-23-27-41-70)46-55-57(68-79-60-33-25-30-44-74-60)48-59(65(78-58,62(55)61)76-43-6-3)69(49-50-34-36-52(66)37-35-50)64(73)75-45-29-22-20-18-16-14-12-10-8-5-2/h6,34-39,46-47,51,54,59-62,70-71H,3-5,7-33,40-45,48-49H2,1-2H3,(H,67,72). The molecule has 2 aromatic rings. The Morgan fingerprint density at radius 3 is 2.09 bits per heavy atom. The molecule has 0 bridgehead atoms. The van der Waals surface area contributed by atoms with Crippen LogP contribution >= 0.6 is 0 Å². The summed E-state index contributed by atoms with van der Waals surface area (Å²) < 4.78 is 47.6. The van der Waals surface area contributed by atoms with Crippen molar-refractivity contribution in [2.45, 2.75) is 237 Å². The van der Waals surface area contributed by atoms with E-state index in [2.05, 4.69) is 31.8 Å². The number of nitrogens with one attached hydrogen (secondary N) is 1. The SMILES string of the molecule is C=CCOC12Oc3ccc(OC(=O)NCCCCCCCCCCCC)cc3C3C(CCCCO)C(CCCCO)C=C(C(=NOC4CCCCO4)CC1N(Cc1ccc(F)cc1)C(=O)OCCCCCCCCCCCC)C32. The number of aliphatic hydroxyl groups is 2. The van der Waals surface area contributed by atoms with Crippen molar-refractivity contribution in [1.82, 2.24) is 10.2 Å². The molecular formula is C65H100FN3O10. The van der Waals surface area contributed by atoms with E-state index in [1.807, 2.05) is 12.1 Å². The number of unbranched alkanes of at least 4 members (excludes halogenated alkanes) is 20. The van der Waals surface area contributed by atoms with Gasteiger partial charge >= 0.3 is 12.2 Å². The first-order chi connectivity index (χ1) is 38.8. The lowest BCUT2D eigenvalue weighted by molar-refractivity contribution is -0.256. The molecule has 0 spiro atoms. The molecule has 2 aliphatic carbocycles. The van der Waals surface area contributed by atoms with Crippen LogP contribution in [-0.4, -0.2) is 90.7 Å². The molecule has 1 saturated heterocycles. The highest BCUT2D eigenvalue weighted by Crippen LogP contribution is 2.62. The molecule has 2 heterocycles. The van der Waals surface area contributed by atoms with Crippen molar-refractivity contribution in [2.75, 3.05) is 39.6 Å². The van der Waals surface area contributed by atoms with Gasteiger partial charge in [-0.15, -0.1) is 6.58 Å². The number of hydrogen-bond donors (Lipinski definition) is 3. The molecule has 7 atom stereocenters. The minimum Gasteiger partial charge on any atom is -0.459 e. The van der Waals surface area contributed by atoms with Crippen LogP contribution in [0.5, 0.6) is 11.5 Å². The summed E-state index contributed by atoms with van der Waals surface area (Å²) in [4.78, 5) is 36.7. The number of halogens is 1. The van der Waals surface area contributed by atoms with E-state index in [-0.39, 0.29) is 63.0 Å². The van der Waals surface area contributed by atoms with E-state index in [0.29, 0.717) is 61.6 Å². The number of ether oxygens (including phenoxy) is 5. The third kappa shape index (κ3) is 19.9. The van der Waals surface area contributed by atoms with Crippen LogP contribution in [0.4, 0.5) is 14.0 Å². The zero-order valence-corrected chi connectivity index (χ0v) is 48.5. The first-order valence-corrected chi connectivity index (χ1v) is 31.3. The molecule has 1 saturated carbocycles. The maximum Gasteiger partial charge on any atom is 0.412 e. The molecule has 13 nitrogen and oxygen atoms in total. The summed E-state index contributed by atoms with van der Waals surface area (Å²) in [7, 11) is 0. The first kappa shape index (κ1) is 63.7. The van der Waals surface area contributed by atoms with Gasteiger partial charge in [-0.3, -0.25) is 4.90 Å². The highest BCUT2D eigenvalue weighted by atomic mass is 19.1. The zero-order chi connectivity index (χ0) is 55.9. The minimum absolute atomic E-state index is 0.00694. The van der Waals surface area contributed by atoms with Crippen LogP contribution in [0.1, 0.15) is 224 Å². The largest absolute Gasteiger partial charge is 0.459 e. The second kappa shape index (κ2) is 36.1. The van der Waals surface area contributed by atoms with Crippen LogP contribution in [0.3, 0.4) is 0 Å². The van der Waals surface area contributed by atoms with Gasteiger partial charge in [0, 0.05) is 50.6 Å². The number of carbonyl (C=O) groups excluding carboxylic acids is 2. The van der Waals surface area contributed by atoms with Crippen LogP contribution in [0.15, 0.2) is 71.9 Å². The maximum absolute atomic E-state index is 15.1. The number of oxime groups is 1. The van der Waals surface area contributed by atoms with Gasteiger partial charge in [0.25, 0.3) is 0 Å². The molecule has 0 radical (unpaired) electrons. The Balaban J connectivity index is 1.37. The number of benzene rings is 2. The average molecular weight is 1100 g/mol. The molecule has 79 heavy (non-hydrogen) atoms. The third-order valence-electron chi connectivity index (χ3n) is 16.7. The highest BCUT2D eigenvalue weighted by Gasteiger charge is 2.66. The molecule has 2 fully saturated rings. The van der Waals surface area contributed by atoms with E-state index in [1.54, 1.807) is 29.2 Å². The monoisotopic (exact) mass is 1100 g/mol. The Hall–Kier alpha value is -4.50. The number of allylic oxidation sites excluding steroid dienone is 1. The summed E-state index contributed by atoms with van der Waals surface area (Å²) in [5.74, 6) is -2.06. The topological polar surface area (TPSA) is 158 Å². The van der Waals surface area contributed by atoms with Crippen molar-refractivity contribution in [1.29, 1.82) is 0 Å². The van der Waals surface area contributed by atoms with Gasteiger partial charge < -0.3 is 44.1 Å². The lowest BCUT2D eigenvalue weighted by Gasteiger charge is -2.59. The maximum atomic E-state index is 15.1. The summed E-state index contributed by atoms with van der Waals surface area (Å²) in [5, 5.41) is 28.2. The molecule has 0 aromatic heterocycles. The van der Waals surface area contributed by atoms with Crippen molar-refractivity contribution in [3.05, 3.63) is 83.7 Å². The van der Waals surface area contributed by atoms with Gasteiger partial charge in [0.2, 0.25) is 12.1 Å². The second-order valence-electron chi connectivity index (χ2n) is 22.7. The molecule has 14 heteroatoms. The van der Waals surface area contributed by atoms with Gasteiger partial charge in [-0.2, -0.15) is 0 Å². The summed E-state index contributed by atoms with van der Waals surface area (Å²) in [6.45, 7) is 10.1. The predicted molar refractivity (Wildman–Crippen MR) is 311 cm³/mol. The highest BCUT2D eigenvalue weighted by molar-refractivity contribution is 6.03. The van der Waals surface area contributed by atoms with Gasteiger partial charge in [0.05, 0.1) is 31.5 Å².